The van der Waals surface area contributed by atoms with E-state index in [4.69, 9.17) is 30.3 Å². The largest absolute Gasteiger partial charge is 0.508 e. The summed E-state index contributed by atoms with van der Waals surface area (Å²) in [7, 11) is 1.69. The first kappa shape index (κ1) is 35.5. The maximum atomic E-state index is 17.8. The van der Waals surface area contributed by atoms with Crippen LogP contribution < -0.4 is 9.64 Å². The van der Waals surface area contributed by atoms with Crippen LogP contribution in [-0.2, 0) is 4.74 Å². The highest BCUT2D eigenvalue weighted by Gasteiger charge is 2.77. The van der Waals surface area contributed by atoms with Crippen molar-refractivity contribution in [3.63, 3.8) is 0 Å². The van der Waals surface area contributed by atoms with E-state index in [0.29, 0.717) is 60.4 Å². The van der Waals surface area contributed by atoms with E-state index in [1.165, 1.54) is 24.3 Å². The summed E-state index contributed by atoms with van der Waals surface area (Å²) in [5.74, 6) is -0.787. The molecule has 0 amide bonds. The number of hydrogen-bond acceptors (Lipinski definition) is 9. The molecule has 10 rings (SSSR count). The fraction of sp³-hybridized carbons (Fsp3) is 0.442. The molecule has 5 aliphatic rings. The van der Waals surface area contributed by atoms with Crippen molar-refractivity contribution in [1.29, 1.82) is 0 Å². The van der Waals surface area contributed by atoms with E-state index in [2.05, 4.69) is 27.2 Å². The van der Waals surface area contributed by atoms with E-state index < -0.39 is 28.5 Å². The molecule has 5 aromatic rings. The Balaban J connectivity index is 1.18. The molecule has 290 valence electrons. The van der Waals surface area contributed by atoms with Crippen molar-refractivity contribution in [3.8, 4) is 35.2 Å². The van der Waals surface area contributed by atoms with Gasteiger partial charge in [0.2, 0.25) is 0 Å². The molecule has 1 aliphatic carbocycles. The fourth-order valence-electron chi connectivity index (χ4n) is 10.7. The summed E-state index contributed by atoms with van der Waals surface area (Å²) in [6.07, 6.45) is 9.25. The molecule has 5 fully saturated rings. The van der Waals surface area contributed by atoms with Crippen LogP contribution in [-0.4, -0.2) is 94.9 Å². The van der Waals surface area contributed by atoms with Crippen LogP contribution in [0.3, 0.4) is 0 Å². The molecular weight excluding hydrogens is 726 g/mol. The highest BCUT2D eigenvalue weighted by Crippen LogP contribution is 2.70. The summed E-state index contributed by atoms with van der Waals surface area (Å²) in [6, 6.07) is 7.53. The predicted octanol–water partition coefficient (Wildman–Crippen LogP) is 7.93. The van der Waals surface area contributed by atoms with Crippen LogP contribution in [0.2, 0.25) is 0 Å². The average Bonchev–Trinajstić information content (AvgIpc) is 3.63. The third-order valence-electron chi connectivity index (χ3n) is 13.3. The third-order valence-corrected chi connectivity index (χ3v) is 13.3. The number of phenols is 1. The van der Waals surface area contributed by atoms with Crippen molar-refractivity contribution in [2.24, 2.45) is 5.41 Å². The molecule has 13 heteroatoms. The van der Waals surface area contributed by atoms with Gasteiger partial charge in [0.05, 0.1) is 34.1 Å². The Kier molecular flexibility index (Phi) is 7.80. The normalized spacial score (nSPS) is 26.8. The maximum Gasteiger partial charge on any atom is 0.324 e. The van der Waals surface area contributed by atoms with E-state index in [0.717, 1.165) is 25.8 Å². The smallest absolute Gasteiger partial charge is 0.324 e. The molecule has 56 heavy (non-hydrogen) atoms. The van der Waals surface area contributed by atoms with E-state index in [9.17, 15) is 13.9 Å². The van der Waals surface area contributed by atoms with Crippen LogP contribution in [0.4, 0.5) is 23.4 Å². The van der Waals surface area contributed by atoms with Crippen molar-refractivity contribution in [1.82, 2.24) is 19.8 Å². The number of aromatic hydroxyl groups is 1. The monoisotopic (exact) mass is 767 g/mol. The Morgan fingerprint density at radius 2 is 1.88 bits per heavy atom. The van der Waals surface area contributed by atoms with Gasteiger partial charge < -0.3 is 23.9 Å². The summed E-state index contributed by atoms with van der Waals surface area (Å²) in [5.41, 5.74) is -1.86. The molecule has 4 saturated heterocycles. The summed E-state index contributed by atoms with van der Waals surface area (Å²) in [5, 5.41) is 12.5. The molecular formula is C43H41F4N5O4. The number of benzene rings is 3. The van der Waals surface area contributed by atoms with Gasteiger partial charge in [-0.3, -0.25) is 9.80 Å². The molecule has 1 spiro atoms. The first-order valence-corrected chi connectivity index (χ1v) is 19.2. The second kappa shape index (κ2) is 12.3. The number of terminal acetylenes is 1. The molecule has 4 aliphatic heterocycles. The number of hydrogen-bond donors (Lipinski definition) is 1. The Bertz CT molecular complexity index is 2540. The Hall–Kier alpha value is -4.90. The minimum absolute atomic E-state index is 0.0586. The minimum Gasteiger partial charge on any atom is -0.508 e. The topological polar surface area (TPSA) is 87.3 Å². The Labute approximate surface area is 320 Å². The lowest BCUT2D eigenvalue weighted by Gasteiger charge is -2.41. The van der Waals surface area contributed by atoms with Gasteiger partial charge in [0, 0.05) is 68.1 Å². The zero-order chi connectivity index (χ0) is 38.9. The average molecular weight is 768 g/mol. The lowest BCUT2D eigenvalue weighted by Crippen LogP contribution is -2.54. The van der Waals surface area contributed by atoms with Gasteiger partial charge in [-0.25, -0.2) is 17.6 Å². The molecule has 4 atom stereocenters. The van der Waals surface area contributed by atoms with Crippen molar-refractivity contribution in [2.45, 2.75) is 69.0 Å². The van der Waals surface area contributed by atoms with Crippen LogP contribution >= 0.6 is 0 Å². The second-order valence-electron chi connectivity index (χ2n) is 16.4. The first-order valence-electron chi connectivity index (χ1n) is 19.2. The highest BCUT2D eigenvalue weighted by atomic mass is 19.3. The number of aromatic nitrogens is 2. The van der Waals surface area contributed by atoms with Gasteiger partial charge in [-0.2, -0.15) is 9.97 Å². The number of furan rings is 1. The number of nitrogens with zero attached hydrogens (tertiary/aromatic N) is 5. The van der Waals surface area contributed by atoms with Gasteiger partial charge in [0.15, 0.2) is 5.82 Å². The van der Waals surface area contributed by atoms with Crippen molar-refractivity contribution < 1.29 is 36.6 Å². The van der Waals surface area contributed by atoms with Gasteiger partial charge in [-0.1, -0.05) is 18.6 Å². The van der Waals surface area contributed by atoms with E-state index >= 15 is 8.78 Å². The number of aryl methyl sites for hydroxylation is 1. The maximum absolute atomic E-state index is 17.8. The number of methoxy groups -OCH3 is 1. The van der Waals surface area contributed by atoms with E-state index in [-0.39, 0.29) is 82.2 Å². The second-order valence-corrected chi connectivity index (χ2v) is 16.4. The fourth-order valence-corrected chi connectivity index (χ4v) is 10.7. The lowest BCUT2D eigenvalue weighted by atomic mass is 9.87. The summed E-state index contributed by atoms with van der Waals surface area (Å²) >= 11 is 0. The standard InChI is InChI=1S/C43H41F4N5O4/c1-5-29-32(44)10-7-25-16-28(53)17-30(33(25)29)34-36(45)37-35(31-15-23(2)55-38(31)34)39(50-18-26-8-9-27(19-50)52(26)13-14-54-4)49-40(48-37)56-24(3)42-11-6-12-51(42)22-41(20-42)21-43(41,46)47/h1,7,10,15-17,26-27,53H,3,6,8-9,11-14,18-22H2,2,4H3/t26?,27?,41-,42-/m1/s1. The highest BCUT2D eigenvalue weighted by molar-refractivity contribution is 6.18. The van der Waals surface area contributed by atoms with Gasteiger partial charge in [-0.15, -0.1) is 6.42 Å². The molecule has 0 radical (unpaired) electrons. The van der Waals surface area contributed by atoms with E-state index in [1.54, 1.807) is 20.1 Å². The van der Waals surface area contributed by atoms with Crippen LogP contribution in [0.15, 0.2) is 47.1 Å². The summed E-state index contributed by atoms with van der Waals surface area (Å²) in [6.45, 7) is 9.56. The predicted molar refractivity (Wildman–Crippen MR) is 204 cm³/mol. The van der Waals surface area contributed by atoms with Crippen LogP contribution in [0.25, 0.3) is 43.8 Å². The number of rotatable bonds is 8. The summed E-state index contributed by atoms with van der Waals surface area (Å²) < 4.78 is 80.8. The van der Waals surface area contributed by atoms with Crippen molar-refractivity contribution in [2.75, 3.05) is 51.3 Å². The number of piperazine rings is 1. The van der Waals surface area contributed by atoms with E-state index in [1.807, 2.05) is 0 Å². The SMILES string of the molecule is C#Cc1c(F)ccc2cc(O)cc(-c3c(F)c4nc(OC(=C)[C@]56CCCN5C[C@]5(CC5(F)F)C6)nc(N5CC6CCC(C5)N6CCOC)c4c4cc(C)oc34)c12. The quantitative estimate of drug-likeness (QED) is 0.0962. The van der Waals surface area contributed by atoms with Gasteiger partial charge in [-0.05, 0) is 75.2 Å². The zero-order valence-corrected chi connectivity index (χ0v) is 31.2. The summed E-state index contributed by atoms with van der Waals surface area (Å²) in [4.78, 5) is 16.4. The number of anilines is 1. The molecule has 2 aromatic heterocycles. The number of halogens is 4. The van der Waals surface area contributed by atoms with Crippen LogP contribution in [0, 0.1) is 36.3 Å². The minimum atomic E-state index is -2.74. The zero-order valence-electron chi connectivity index (χ0n) is 31.2. The third kappa shape index (κ3) is 5.04. The molecule has 3 aromatic carbocycles. The van der Waals surface area contributed by atoms with Crippen LogP contribution in [0.5, 0.6) is 11.8 Å². The molecule has 9 nitrogen and oxygen atoms in total. The molecule has 6 heterocycles. The van der Waals surface area contributed by atoms with Crippen LogP contribution in [0.1, 0.15) is 49.8 Å². The van der Waals surface area contributed by atoms with Gasteiger partial charge in [0.25, 0.3) is 5.92 Å². The Morgan fingerprint density at radius 1 is 1.11 bits per heavy atom. The lowest BCUT2D eigenvalue weighted by molar-refractivity contribution is 0.0656. The number of phenolic OH excluding ortho intramolecular Hbond substituents is 1. The van der Waals surface area contributed by atoms with Crippen molar-refractivity contribution in [3.05, 3.63) is 65.6 Å². The molecule has 1 N–H and O–H groups in total. The molecule has 2 unspecified atom stereocenters. The number of fused-ring (bicyclic) bond motifs is 7. The first-order chi connectivity index (χ1) is 26.9. The number of alkyl halides is 2. The number of ether oxygens (including phenoxy) is 2. The van der Waals surface area contributed by atoms with Crippen molar-refractivity contribution >= 4 is 38.5 Å². The Morgan fingerprint density at radius 3 is 2.59 bits per heavy atom. The van der Waals surface area contributed by atoms with Gasteiger partial charge in [0.1, 0.15) is 40.0 Å². The molecule has 2 bridgehead atoms. The molecule has 1 saturated carbocycles. The van der Waals surface area contributed by atoms with Gasteiger partial charge >= 0.3 is 6.01 Å².